The first-order chi connectivity index (χ1) is 12.1. The second-order valence-electron chi connectivity index (χ2n) is 6.11. The molecule has 0 saturated carbocycles. The predicted octanol–water partition coefficient (Wildman–Crippen LogP) is 4.46. The van der Waals surface area contributed by atoms with E-state index in [4.69, 9.17) is 0 Å². The Balaban J connectivity index is 1.74. The van der Waals surface area contributed by atoms with Gasteiger partial charge in [-0.2, -0.15) is 0 Å². The Morgan fingerprint density at radius 1 is 0.960 bits per heavy atom. The molecule has 0 spiro atoms. The maximum atomic E-state index is 9.72. The molecule has 2 N–H and O–H groups in total. The number of aryl methyl sites for hydroxylation is 2. The third-order valence-corrected chi connectivity index (χ3v) is 4.28. The zero-order valence-electron chi connectivity index (χ0n) is 14.1. The van der Waals surface area contributed by atoms with E-state index >= 15 is 0 Å². The predicted molar refractivity (Wildman–Crippen MR) is 99.3 cm³/mol. The highest BCUT2D eigenvalue weighted by atomic mass is 16.3. The summed E-state index contributed by atoms with van der Waals surface area (Å²) in [5.74, 6) is 0.951. The van der Waals surface area contributed by atoms with Gasteiger partial charge in [-0.15, -0.1) is 5.10 Å². The Hall–Kier alpha value is -3.34. The molecular weight excluding hydrogens is 312 g/mol. The lowest BCUT2D eigenvalue weighted by molar-refractivity contribution is 0.475. The van der Waals surface area contributed by atoms with Gasteiger partial charge in [0, 0.05) is 11.3 Å². The molecule has 0 amide bonds. The smallest absolute Gasteiger partial charge is 0.154 e. The van der Waals surface area contributed by atoms with E-state index in [0.29, 0.717) is 0 Å². The number of nitrogens with one attached hydrogen (secondary N) is 1. The molecule has 0 fully saturated rings. The highest BCUT2D eigenvalue weighted by Gasteiger charge is 2.09. The molecule has 4 aromatic rings. The van der Waals surface area contributed by atoms with Gasteiger partial charge in [-0.25, -0.2) is 9.50 Å². The van der Waals surface area contributed by atoms with Crippen LogP contribution in [0.1, 0.15) is 11.1 Å². The lowest BCUT2D eigenvalue weighted by Crippen LogP contribution is -2.00. The summed E-state index contributed by atoms with van der Waals surface area (Å²) in [6.45, 7) is 4.18. The maximum absolute atomic E-state index is 9.72. The Morgan fingerprint density at radius 3 is 2.64 bits per heavy atom. The van der Waals surface area contributed by atoms with Crippen LogP contribution in [-0.4, -0.2) is 19.7 Å². The number of anilines is 2. The van der Waals surface area contributed by atoms with E-state index in [0.717, 1.165) is 28.4 Å². The van der Waals surface area contributed by atoms with Crippen molar-refractivity contribution in [1.29, 1.82) is 0 Å². The van der Waals surface area contributed by atoms with Gasteiger partial charge in [-0.1, -0.05) is 18.2 Å². The Morgan fingerprint density at radius 2 is 1.84 bits per heavy atom. The molecule has 0 atom stereocenters. The lowest BCUT2D eigenvalue weighted by atomic mass is 10.1. The fourth-order valence-electron chi connectivity index (χ4n) is 2.77. The number of rotatable bonds is 3. The van der Waals surface area contributed by atoms with E-state index in [-0.39, 0.29) is 5.75 Å². The monoisotopic (exact) mass is 330 g/mol. The van der Waals surface area contributed by atoms with Crippen LogP contribution in [0, 0.1) is 13.8 Å². The quantitative estimate of drug-likeness (QED) is 0.582. The topological polar surface area (TPSA) is 62.5 Å². The zero-order valence-corrected chi connectivity index (χ0v) is 14.1. The Kier molecular flexibility index (Phi) is 3.61. The first-order valence-electron chi connectivity index (χ1n) is 8.08. The first kappa shape index (κ1) is 15.2. The number of nitrogens with zero attached hydrogens (tertiary/aromatic N) is 3. The molecule has 2 aromatic heterocycles. The molecule has 5 nitrogen and oxygen atoms in total. The zero-order chi connectivity index (χ0) is 17.4. The number of phenols is 1. The number of fused-ring (bicyclic) bond motifs is 1. The molecule has 0 unspecified atom stereocenters. The summed E-state index contributed by atoms with van der Waals surface area (Å²) in [7, 11) is 0. The van der Waals surface area contributed by atoms with E-state index in [1.807, 2.05) is 24.3 Å². The van der Waals surface area contributed by atoms with Crippen molar-refractivity contribution in [3.8, 4) is 17.0 Å². The summed E-state index contributed by atoms with van der Waals surface area (Å²) >= 11 is 0. The summed E-state index contributed by atoms with van der Waals surface area (Å²) in [4.78, 5) is 4.39. The van der Waals surface area contributed by atoms with Crippen LogP contribution in [-0.2, 0) is 0 Å². The van der Waals surface area contributed by atoms with Crippen LogP contribution < -0.4 is 5.32 Å². The van der Waals surface area contributed by atoms with Crippen LogP contribution in [0.4, 0.5) is 11.5 Å². The molecule has 0 aliphatic rings. The van der Waals surface area contributed by atoms with Crippen molar-refractivity contribution < 1.29 is 5.11 Å². The molecule has 0 saturated heterocycles. The highest BCUT2D eigenvalue weighted by Crippen LogP contribution is 2.25. The van der Waals surface area contributed by atoms with Crippen molar-refractivity contribution >= 4 is 17.2 Å². The van der Waals surface area contributed by atoms with E-state index in [9.17, 15) is 5.11 Å². The molecule has 25 heavy (non-hydrogen) atoms. The average Bonchev–Trinajstić information content (AvgIpc) is 3.01. The minimum Gasteiger partial charge on any atom is -0.508 e. The van der Waals surface area contributed by atoms with E-state index < -0.39 is 0 Å². The highest BCUT2D eigenvalue weighted by molar-refractivity contribution is 5.66. The van der Waals surface area contributed by atoms with Gasteiger partial charge in [0.1, 0.15) is 5.75 Å². The van der Waals surface area contributed by atoms with Gasteiger partial charge in [-0.05, 0) is 61.4 Å². The minimum absolute atomic E-state index is 0.219. The number of aromatic nitrogens is 3. The molecule has 0 radical (unpaired) electrons. The van der Waals surface area contributed by atoms with Crippen molar-refractivity contribution in [2.45, 2.75) is 13.8 Å². The third kappa shape index (κ3) is 2.92. The van der Waals surface area contributed by atoms with Crippen LogP contribution in [0.15, 0.2) is 60.8 Å². The summed E-state index contributed by atoms with van der Waals surface area (Å²) in [5, 5.41) is 17.7. The molecule has 0 aliphatic carbocycles. The molecule has 0 bridgehead atoms. The maximum Gasteiger partial charge on any atom is 0.154 e. The largest absolute Gasteiger partial charge is 0.508 e. The van der Waals surface area contributed by atoms with E-state index in [1.165, 1.54) is 11.1 Å². The van der Waals surface area contributed by atoms with E-state index in [2.05, 4.69) is 41.4 Å². The Labute approximate surface area is 145 Å². The van der Waals surface area contributed by atoms with Gasteiger partial charge in [-0.3, -0.25) is 0 Å². The third-order valence-electron chi connectivity index (χ3n) is 4.28. The van der Waals surface area contributed by atoms with Crippen molar-refractivity contribution in [3.63, 3.8) is 0 Å². The van der Waals surface area contributed by atoms with Crippen molar-refractivity contribution in [3.05, 3.63) is 71.9 Å². The normalized spacial score (nSPS) is 11.0. The van der Waals surface area contributed by atoms with Crippen LogP contribution in [0.5, 0.6) is 5.75 Å². The van der Waals surface area contributed by atoms with Crippen LogP contribution in [0.3, 0.4) is 0 Å². The summed E-state index contributed by atoms with van der Waals surface area (Å²) < 4.78 is 1.78. The van der Waals surface area contributed by atoms with Crippen LogP contribution in [0.25, 0.3) is 16.9 Å². The second-order valence-corrected chi connectivity index (χ2v) is 6.11. The number of aromatic hydroxyl groups is 1. The lowest BCUT2D eigenvalue weighted by Gasteiger charge is -2.09. The van der Waals surface area contributed by atoms with Crippen molar-refractivity contribution in [1.82, 2.24) is 14.6 Å². The van der Waals surface area contributed by atoms with Gasteiger partial charge in [0.2, 0.25) is 0 Å². The molecule has 2 aromatic carbocycles. The molecule has 5 heteroatoms. The van der Waals surface area contributed by atoms with Gasteiger partial charge in [0.05, 0.1) is 11.9 Å². The van der Waals surface area contributed by atoms with Gasteiger partial charge >= 0.3 is 0 Å². The summed E-state index contributed by atoms with van der Waals surface area (Å²) in [6.07, 6.45) is 1.76. The van der Waals surface area contributed by atoms with Crippen LogP contribution >= 0.6 is 0 Å². The summed E-state index contributed by atoms with van der Waals surface area (Å²) in [5.41, 5.74) is 5.93. The molecule has 2 heterocycles. The number of hydrogen-bond donors (Lipinski definition) is 2. The molecule has 124 valence electrons. The SMILES string of the molecule is Cc1ccc(Nc2ccc3ncc(-c4cccc(O)c4)n3n2)cc1C. The summed E-state index contributed by atoms with van der Waals surface area (Å²) in [6, 6.07) is 17.1. The van der Waals surface area contributed by atoms with E-state index in [1.54, 1.807) is 28.9 Å². The molecule has 0 aliphatic heterocycles. The second kappa shape index (κ2) is 5.94. The number of phenolic OH excluding ortho intramolecular Hbond substituents is 1. The molecular formula is C20H18N4O. The number of imidazole rings is 1. The average molecular weight is 330 g/mol. The van der Waals surface area contributed by atoms with Gasteiger partial charge in [0.25, 0.3) is 0 Å². The van der Waals surface area contributed by atoms with Crippen molar-refractivity contribution in [2.24, 2.45) is 0 Å². The fraction of sp³-hybridized carbons (Fsp3) is 0.100. The fourth-order valence-corrected chi connectivity index (χ4v) is 2.77. The molecule has 4 rings (SSSR count). The standard InChI is InChI=1S/C20H18N4O/c1-13-6-7-16(10-14(13)2)22-19-8-9-20-21-12-18(24(20)23-19)15-4-3-5-17(25)11-15/h3-12,25H,1-2H3,(H,22,23). The van der Waals surface area contributed by atoms with Crippen molar-refractivity contribution in [2.75, 3.05) is 5.32 Å². The first-order valence-corrected chi connectivity index (χ1v) is 8.08. The Bertz CT molecular complexity index is 1070. The van der Waals surface area contributed by atoms with Crippen LogP contribution in [0.2, 0.25) is 0 Å². The number of hydrogen-bond acceptors (Lipinski definition) is 4. The number of benzene rings is 2. The van der Waals surface area contributed by atoms with Gasteiger partial charge < -0.3 is 10.4 Å². The van der Waals surface area contributed by atoms with Gasteiger partial charge in [0.15, 0.2) is 11.5 Å². The minimum atomic E-state index is 0.219.